The first-order valence-electron chi connectivity index (χ1n) is 8.92. The van der Waals surface area contributed by atoms with Gasteiger partial charge in [0.2, 0.25) is 0 Å². The number of aromatic nitrogens is 1. The third-order valence-corrected chi connectivity index (χ3v) is 4.52. The smallest absolute Gasteiger partial charge is 0.267 e. The molecule has 27 heavy (non-hydrogen) atoms. The zero-order chi connectivity index (χ0) is 19.4. The van der Waals surface area contributed by atoms with E-state index in [0.717, 1.165) is 6.54 Å². The van der Waals surface area contributed by atoms with Gasteiger partial charge in [0.05, 0.1) is 12.7 Å². The van der Waals surface area contributed by atoms with Crippen LogP contribution in [-0.2, 0) is 17.6 Å². The Hall–Kier alpha value is -2.64. The molecule has 0 unspecified atom stereocenters. The molecule has 1 aliphatic heterocycles. The predicted molar refractivity (Wildman–Crippen MR) is 98.1 cm³/mol. The van der Waals surface area contributed by atoms with Crippen LogP contribution < -0.4 is 11.1 Å². The van der Waals surface area contributed by atoms with Crippen molar-refractivity contribution in [3.63, 3.8) is 0 Å². The van der Waals surface area contributed by atoms with Crippen LogP contribution in [0.1, 0.15) is 50.7 Å². The predicted octanol–water partition coefficient (Wildman–Crippen LogP) is 1.97. The van der Waals surface area contributed by atoms with Gasteiger partial charge in [-0.25, -0.2) is 9.37 Å². The standard InChI is InChI=1S/C20H22FN3O3/c1-2-14-9-13(10-17(24-14)20(22)26)18(25)8-12-3-4-15(16(21)7-12)19-11-23-5-6-27-19/h3-4,7,9-10,19,23H,2,5-6,8,11H2,1H3,(H2,22,26)/t19-/m1/s1. The van der Waals surface area contributed by atoms with Crippen LogP contribution in [0.5, 0.6) is 0 Å². The minimum Gasteiger partial charge on any atom is -0.371 e. The number of aryl methyl sites for hydroxylation is 1. The first kappa shape index (κ1) is 19.1. The molecule has 0 saturated carbocycles. The van der Waals surface area contributed by atoms with Gasteiger partial charge in [0.1, 0.15) is 11.5 Å². The Morgan fingerprint density at radius 2 is 2.15 bits per heavy atom. The number of rotatable bonds is 6. The summed E-state index contributed by atoms with van der Waals surface area (Å²) in [5.41, 5.74) is 7.33. The lowest BCUT2D eigenvalue weighted by Gasteiger charge is -2.24. The summed E-state index contributed by atoms with van der Waals surface area (Å²) < 4.78 is 20.1. The number of carbonyl (C=O) groups excluding carboxylic acids is 2. The summed E-state index contributed by atoms with van der Waals surface area (Å²) in [7, 11) is 0. The number of carbonyl (C=O) groups is 2. The molecule has 2 aromatic rings. The molecule has 142 valence electrons. The quantitative estimate of drug-likeness (QED) is 0.757. The molecule has 7 heteroatoms. The van der Waals surface area contributed by atoms with Crippen LogP contribution in [0, 0.1) is 5.82 Å². The van der Waals surface area contributed by atoms with Gasteiger partial charge in [0, 0.05) is 36.3 Å². The highest BCUT2D eigenvalue weighted by Crippen LogP contribution is 2.23. The second-order valence-electron chi connectivity index (χ2n) is 6.47. The van der Waals surface area contributed by atoms with Gasteiger partial charge in [-0.1, -0.05) is 19.1 Å². The molecule has 0 radical (unpaired) electrons. The molecular formula is C20H22FN3O3. The molecule has 3 N–H and O–H groups in total. The zero-order valence-electron chi connectivity index (χ0n) is 15.1. The monoisotopic (exact) mass is 371 g/mol. The summed E-state index contributed by atoms with van der Waals surface area (Å²) in [6.07, 6.45) is 0.265. The van der Waals surface area contributed by atoms with Gasteiger partial charge in [0.15, 0.2) is 5.78 Å². The molecule has 6 nitrogen and oxygen atoms in total. The number of halogens is 1. The topological polar surface area (TPSA) is 94.3 Å². The maximum Gasteiger partial charge on any atom is 0.267 e. The van der Waals surface area contributed by atoms with Gasteiger partial charge in [-0.15, -0.1) is 0 Å². The highest BCUT2D eigenvalue weighted by atomic mass is 19.1. The molecule has 1 aromatic heterocycles. The molecule has 1 saturated heterocycles. The molecule has 0 spiro atoms. The number of ether oxygens (including phenoxy) is 1. The second kappa shape index (κ2) is 8.37. The molecule has 3 rings (SSSR count). The number of pyridine rings is 1. The van der Waals surface area contributed by atoms with Crippen LogP contribution >= 0.6 is 0 Å². The summed E-state index contributed by atoms with van der Waals surface area (Å²) in [4.78, 5) is 28.1. The van der Waals surface area contributed by atoms with Crippen LogP contribution in [0.15, 0.2) is 30.3 Å². The molecule has 2 heterocycles. The lowest BCUT2D eigenvalue weighted by Crippen LogP contribution is -2.33. The zero-order valence-corrected chi connectivity index (χ0v) is 15.1. The normalized spacial score (nSPS) is 16.9. The van der Waals surface area contributed by atoms with E-state index in [2.05, 4.69) is 10.3 Å². The Balaban J connectivity index is 1.79. The molecule has 1 aromatic carbocycles. The van der Waals surface area contributed by atoms with E-state index in [9.17, 15) is 14.0 Å². The minimum absolute atomic E-state index is 0.0202. The van der Waals surface area contributed by atoms with Crippen molar-refractivity contribution in [2.45, 2.75) is 25.9 Å². The van der Waals surface area contributed by atoms with Crippen molar-refractivity contribution >= 4 is 11.7 Å². The van der Waals surface area contributed by atoms with Gasteiger partial charge in [0.25, 0.3) is 5.91 Å². The highest BCUT2D eigenvalue weighted by molar-refractivity contribution is 6.00. The number of amides is 1. The number of benzene rings is 1. The van der Waals surface area contributed by atoms with Crippen molar-refractivity contribution in [1.29, 1.82) is 0 Å². The van der Waals surface area contributed by atoms with E-state index in [-0.39, 0.29) is 24.0 Å². The third kappa shape index (κ3) is 4.56. The van der Waals surface area contributed by atoms with Crippen LogP contribution in [0.4, 0.5) is 4.39 Å². The van der Waals surface area contributed by atoms with E-state index in [1.165, 1.54) is 12.1 Å². The van der Waals surface area contributed by atoms with E-state index in [0.29, 0.717) is 42.0 Å². The van der Waals surface area contributed by atoms with E-state index in [1.54, 1.807) is 18.2 Å². The molecule has 0 aliphatic carbocycles. The Kier molecular flexibility index (Phi) is 5.93. The molecular weight excluding hydrogens is 349 g/mol. The van der Waals surface area contributed by atoms with Gasteiger partial charge in [-0.3, -0.25) is 9.59 Å². The number of ketones is 1. The summed E-state index contributed by atoms with van der Waals surface area (Å²) >= 11 is 0. The van der Waals surface area contributed by atoms with E-state index in [1.807, 2.05) is 6.92 Å². The maximum absolute atomic E-state index is 14.5. The fourth-order valence-corrected chi connectivity index (χ4v) is 3.05. The van der Waals surface area contributed by atoms with Crippen molar-refractivity contribution in [1.82, 2.24) is 10.3 Å². The van der Waals surface area contributed by atoms with Crippen LogP contribution in [0.25, 0.3) is 0 Å². The average Bonchev–Trinajstić information content (AvgIpc) is 2.68. The van der Waals surface area contributed by atoms with E-state index < -0.39 is 11.7 Å². The number of hydrogen-bond donors (Lipinski definition) is 2. The van der Waals surface area contributed by atoms with Crippen LogP contribution in [-0.4, -0.2) is 36.4 Å². The largest absolute Gasteiger partial charge is 0.371 e. The first-order valence-corrected chi connectivity index (χ1v) is 8.92. The van der Waals surface area contributed by atoms with Crippen molar-refractivity contribution in [2.24, 2.45) is 5.73 Å². The number of morpholine rings is 1. The van der Waals surface area contributed by atoms with Crippen molar-refractivity contribution in [3.8, 4) is 0 Å². The van der Waals surface area contributed by atoms with Crippen molar-refractivity contribution in [3.05, 3.63) is 64.2 Å². The first-order chi connectivity index (χ1) is 13.0. The van der Waals surface area contributed by atoms with Crippen LogP contribution in [0.3, 0.4) is 0 Å². The Bertz CT molecular complexity index is 864. The number of hydrogen-bond acceptors (Lipinski definition) is 5. The Morgan fingerprint density at radius 1 is 1.33 bits per heavy atom. The molecule has 1 amide bonds. The molecule has 1 fully saturated rings. The number of nitrogens with one attached hydrogen (secondary N) is 1. The molecule has 0 bridgehead atoms. The Labute approximate surface area is 156 Å². The minimum atomic E-state index is -0.684. The average molecular weight is 371 g/mol. The van der Waals surface area contributed by atoms with Gasteiger partial charge >= 0.3 is 0 Å². The molecule has 1 aliphatic rings. The number of nitrogens with two attached hydrogens (primary N) is 1. The van der Waals surface area contributed by atoms with Gasteiger partial charge in [-0.05, 0) is 30.2 Å². The third-order valence-electron chi connectivity index (χ3n) is 4.52. The summed E-state index contributed by atoms with van der Waals surface area (Å²) in [6, 6.07) is 7.78. The highest BCUT2D eigenvalue weighted by Gasteiger charge is 2.20. The van der Waals surface area contributed by atoms with E-state index >= 15 is 0 Å². The lowest BCUT2D eigenvalue weighted by molar-refractivity contribution is 0.0255. The summed E-state index contributed by atoms with van der Waals surface area (Å²) in [6.45, 7) is 3.72. The number of primary amides is 1. The SMILES string of the molecule is CCc1cc(C(=O)Cc2ccc([C@H]3CNCCO3)c(F)c2)cc(C(N)=O)n1. The van der Waals surface area contributed by atoms with Crippen molar-refractivity contribution < 1.29 is 18.7 Å². The fourth-order valence-electron chi connectivity index (χ4n) is 3.05. The molecule has 1 atom stereocenters. The van der Waals surface area contributed by atoms with Crippen molar-refractivity contribution in [2.75, 3.05) is 19.7 Å². The fraction of sp³-hybridized carbons (Fsp3) is 0.350. The summed E-state index contributed by atoms with van der Waals surface area (Å²) in [5, 5.41) is 3.16. The lowest BCUT2D eigenvalue weighted by atomic mass is 9.99. The van der Waals surface area contributed by atoms with E-state index in [4.69, 9.17) is 10.5 Å². The van der Waals surface area contributed by atoms with Gasteiger partial charge in [-0.2, -0.15) is 0 Å². The summed E-state index contributed by atoms with van der Waals surface area (Å²) in [5.74, 6) is -1.30. The Morgan fingerprint density at radius 3 is 2.78 bits per heavy atom. The maximum atomic E-state index is 14.5. The number of Topliss-reactive ketones (excluding diaryl/α,β-unsaturated/α-hetero) is 1. The second-order valence-corrected chi connectivity index (χ2v) is 6.47. The van der Waals surface area contributed by atoms with Gasteiger partial charge < -0.3 is 15.8 Å². The number of nitrogens with zero attached hydrogens (tertiary/aromatic N) is 1. The van der Waals surface area contributed by atoms with Crippen LogP contribution in [0.2, 0.25) is 0 Å².